The number of fused-ring (bicyclic) bond motifs is 2. The Hall–Kier alpha value is -1.52. The van der Waals surface area contributed by atoms with Crippen molar-refractivity contribution in [1.82, 2.24) is 0 Å². The summed E-state index contributed by atoms with van der Waals surface area (Å²) in [4.78, 5) is 0.0825. The molecule has 0 saturated heterocycles. The first-order valence-corrected chi connectivity index (χ1v) is 28.8. The molecule has 65 heavy (non-hydrogen) atoms. The molecule has 0 radical (unpaired) electrons. The summed E-state index contributed by atoms with van der Waals surface area (Å²) in [6.07, 6.45) is 36.5. The molecule has 6 nitrogen and oxygen atoms in total. The van der Waals surface area contributed by atoms with Crippen molar-refractivity contribution in [2.24, 2.45) is 0 Å². The summed E-state index contributed by atoms with van der Waals surface area (Å²) >= 11 is 0. The molecular formula is C56H86CaO6S2. The topological polar surface area (TPSA) is 114 Å². The van der Waals surface area contributed by atoms with Crippen molar-refractivity contribution in [3.8, 4) is 0 Å². The van der Waals surface area contributed by atoms with Gasteiger partial charge in [-0.25, -0.2) is 16.8 Å². The number of rotatable bonds is 34. The molecule has 0 amide bonds. The molecule has 0 aliphatic carbocycles. The van der Waals surface area contributed by atoms with Gasteiger partial charge in [0.05, 0.1) is 9.79 Å². The molecule has 360 valence electrons. The van der Waals surface area contributed by atoms with Gasteiger partial charge in [0.2, 0.25) is 0 Å². The van der Waals surface area contributed by atoms with Crippen molar-refractivity contribution in [3.63, 3.8) is 0 Å². The Labute approximate surface area is 427 Å². The molecule has 4 aromatic rings. The molecule has 0 fully saturated rings. The minimum atomic E-state index is -4.53. The summed E-state index contributed by atoms with van der Waals surface area (Å²) in [7, 11) is -9.07. The second-order valence-electron chi connectivity index (χ2n) is 18.5. The van der Waals surface area contributed by atoms with E-state index in [-0.39, 0.29) is 47.5 Å². The quantitative estimate of drug-likeness (QED) is 0.0262. The maximum Gasteiger partial charge on any atom is 2.00 e. The smallest absolute Gasteiger partial charge is 0.744 e. The zero-order valence-corrected chi connectivity index (χ0v) is 45.2. The van der Waals surface area contributed by atoms with Gasteiger partial charge in [-0.15, -0.1) is 0 Å². The molecule has 0 atom stereocenters. The minimum absolute atomic E-state index is 0. The van der Waals surface area contributed by atoms with E-state index in [4.69, 9.17) is 0 Å². The third-order valence-corrected chi connectivity index (χ3v) is 15.0. The van der Waals surface area contributed by atoms with Crippen LogP contribution in [0, 0.1) is 0 Å². The van der Waals surface area contributed by atoms with Gasteiger partial charge in [-0.1, -0.05) is 242 Å². The number of hydrogen-bond acceptors (Lipinski definition) is 6. The zero-order valence-electron chi connectivity index (χ0n) is 41.4. The van der Waals surface area contributed by atoms with Crippen LogP contribution in [0.2, 0.25) is 0 Å². The van der Waals surface area contributed by atoms with Crippen molar-refractivity contribution < 1.29 is 25.9 Å². The van der Waals surface area contributed by atoms with Crippen molar-refractivity contribution in [2.45, 2.75) is 243 Å². The van der Waals surface area contributed by atoms with Gasteiger partial charge in [0.15, 0.2) is 0 Å². The Morgan fingerprint density at radius 2 is 0.569 bits per heavy atom. The molecule has 4 rings (SSSR count). The van der Waals surface area contributed by atoms with Crippen LogP contribution in [0.1, 0.15) is 230 Å². The van der Waals surface area contributed by atoms with Crippen molar-refractivity contribution in [2.75, 3.05) is 0 Å². The van der Waals surface area contributed by atoms with Gasteiger partial charge in [-0.05, 0) is 84.4 Å². The van der Waals surface area contributed by atoms with Gasteiger partial charge in [0.25, 0.3) is 0 Å². The average Bonchev–Trinajstić information content (AvgIpc) is 3.27. The molecular weight excluding hydrogens is 873 g/mol. The predicted molar refractivity (Wildman–Crippen MR) is 276 cm³/mol. The molecule has 0 N–H and O–H groups in total. The zero-order chi connectivity index (χ0) is 46.5. The van der Waals surface area contributed by atoms with Gasteiger partial charge < -0.3 is 9.11 Å². The molecule has 0 spiro atoms. The van der Waals surface area contributed by atoms with Crippen molar-refractivity contribution >= 4 is 79.5 Å². The molecule has 9 heteroatoms. The largest absolute Gasteiger partial charge is 2.00 e. The predicted octanol–water partition coefficient (Wildman–Crippen LogP) is 16.3. The monoisotopic (exact) mass is 959 g/mol. The van der Waals surface area contributed by atoms with Crippen LogP contribution in [-0.2, 0) is 45.9 Å². The van der Waals surface area contributed by atoms with E-state index in [1.807, 2.05) is 60.7 Å². The van der Waals surface area contributed by atoms with E-state index in [0.29, 0.717) is 34.7 Å². The average molecular weight is 960 g/mol. The maximum atomic E-state index is 12.3. The summed E-state index contributed by atoms with van der Waals surface area (Å²) in [5.41, 5.74) is 3.42. The maximum absolute atomic E-state index is 12.3. The van der Waals surface area contributed by atoms with Gasteiger partial charge in [-0.2, -0.15) is 0 Å². The number of unbranched alkanes of at least 4 members (excludes halogenated alkanes) is 24. The van der Waals surface area contributed by atoms with E-state index >= 15 is 0 Å². The Morgan fingerprint density at radius 1 is 0.323 bits per heavy atom. The van der Waals surface area contributed by atoms with E-state index in [1.165, 1.54) is 128 Å². The van der Waals surface area contributed by atoms with Crippen LogP contribution in [0.5, 0.6) is 0 Å². The Balaban J connectivity index is 0.000000440. The van der Waals surface area contributed by atoms with Crippen LogP contribution in [0.15, 0.2) is 70.5 Å². The third kappa shape index (κ3) is 22.6. The second kappa shape index (κ2) is 34.7. The first kappa shape index (κ1) is 59.6. The summed E-state index contributed by atoms with van der Waals surface area (Å²) in [6.45, 7) is 8.88. The van der Waals surface area contributed by atoms with Crippen LogP contribution < -0.4 is 0 Å². The Morgan fingerprint density at radius 3 is 0.831 bits per heavy atom. The van der Waals surface area contributed by atoms with Gasteiger partial charge >= 0.3 is 37.7 Å². The fourth-order valence-electron chi connectivity index (χ4n) is 9.40. The van der Waals surface area contributed by atoms with E-state index in [0.717, 1.165) is 86.1 Å². The van der Waals surface area contributed by atoms with Crippen LogP contribution >= 0.6 is 0 Å². The fourth-order valence-corrected chi connectivity index (χ4v) is 11.4. The van der Waals surface area contributed by atoms with Crippen molar-refractivity contribution in [3.05, 3.63) is 82.9 Å². The molecule has 0 aliphatic rings. The molecule has 0 saturated carbocycles. The Kier molecular flexibility index (Phi) is 31.8. The second-order valence-corrected chi connectivity index (χ2v) is 21.2. The van der Waals surface area contributed by atoms with Crippen LogP contribution in [0.25, 0.3) is 21.5 Å². The van der Waals surface area contributed by atoms with E-state index in [1.54, 1.807) is 0 Å². The van der Waals surface area contributed by atoms with Crippen LogP contribution in [-0.4, -0.2) is 63.7 Å². The third-order valence-electron chi connectivity index (χ3n) is 13.0. The molecule has 0 aliphatic heterocycles. The number of aryl methyl sites for hydroxylation is 4. The molecule has 4 aromatic carbocycles. The summed E-state index contributed by atoms with van der Waals surface area (Å²) in [6, 6.07) is 19.5. The number of benzene rings is 4. The van der Waals surface area contributed by atoms with E-state index in [2.05, 4.69) is 27.7 Å². The standard InChI is InChI=1S/2C28H44O3S.Ca/c2*1-3-5-7-9-11-13-15-18-24-20-17-21-25-22-23-26(28(27(24)25)32(29,30)31)19-16-14-12-10-8-6-4-2;/h2*17,20-23H,3-16,18-19H2,1-2H3,(H,29,30,31);/q;;+2/p-2. The van der Waals surface area contributed by atoms with Crippen LogP contribution in [0.4, 0.5) is 0 Å². The summed E-state index contributed by atoms with van der Waals surface area (Å²) in [5.74, 6) is 0. The summed E-state index contributed by atoms with van der Waals surface area (Å²) in [5, 5.41) is 3.08. The van der Waals surface area contributed by atoms with Crippen LogP contribution in [0.3, 0.4) is 0 Å². The molecule has 0 aromatic heterocycles. The molecule has 0 unspecified atom stereocenters. The SMILES string of the molecule is CCCCCCCCCc1ccc2cccc(CCCCCCCCC)c2c1S(=O)(=O)[O-].CCCCCCCCCc1ccc2cccc(CCCCCCCCC)c2c1S(=O)(=O)[O-].[Ca+2]. The Bertz CT molecular complexity index is 1960. The van der Waals surface area contributed by atoms with Gasteiger partial charge in [-0.3, -0.25) is 0 Å². The number of hydrogen-bond donors (Lipinski definition) is 0. The van der Waals surface area contributed by atoms with Gasteiger partial charge in [0, 0.05) is 10.8 Å². The normalized spacial score (nSPS) is 11.8. The van der Waals surface area contributed by atoms with Gasteiger partial charge in [0.1, 0.15) is 20.2 Å². The first-order chi connectivity index (χ1) is 31.0. The molecule has 0 heterocycles. The van der Waals surface area contributed by atoms with E-state index in [9.17, 15) is 25.9 Å². The van der Waals surface area contributed by atoms with Crippen molar-refractivity contribution in [1.29, 1.82) is 0 Å². The summed E-state index contributed by atoms with van der Waals surface area (Å²) < 4.78 is 74.1. The minimum Gasteiger partial charge on any atom is -0.744 e. The van der Waals surface area contributed by atoms with E-state index < -0.39 is 20.2 Å². The fraction of sp³-hybridized carbons (Fsp3) is 0.643. The first-order valence-electron chi connectivity index (χ1n) is 26.0. The molecule has 0 bridgehead atoms.